The Bertz CT molecular complexity index is 768. The van der Waals surface area contributed by atoms with Gasteiger partial charge >= 0.3 is 6.36 Å². The van der Waals surface area contributed by atoms with Crippen LogP contribution in [0, 0.1) is 0 Å². The van der Waals surface area contributed by atoms with Crippen LogP contribution < -0.4 is 9.47 Å². The molecule has 152 valence electrons. The zero-order valence-corrected chi connectivity index (χ0v) is 15.5. The van der Waals surface area contributed by atoms with Crippen molar-refractivity contribution in [2.24, 2.45) is 0 Å². The van der Waals surface area contributed by atoms with E-state index in [1.165, 1.54) is 6.07 Å². The van der Waals surface area contributed by atoms with Crippen molar-refractivity contribution in [3.05, 3.63) is 59.2 Å². The highest BCUT2D eigenvalue weighted by atomic mass is 19.4. The number of rotatable bonds is 8. The largest absolute Gasteiger partial charge is 0.573 e. The first kappa shape index (κ1) is 20.5. The second kappa shape index (κ2) is 8.84. The fourth-order valence-electron chi connectivity index (χ4n) is 3.52. The number of aliphatic hydroxyl groups excluding tert-OH is 1. The van der Waals surface area contributed by atoms with Gasteiger partial charge in [-0.05, 0) is 49.1 Å². The predicted molar refractivity (Wildman–Crippen MR) is 97.3 cm³/mol. The molecule has 2 aromatic rings. The van der Waals surface area contributed by atoms with Crippen molar-refractivity contribution in [1.82, 2.24) is 0 Å². The van der Waals surface area contributed by atoms with Crippen LogP contribution in [-0.4, -0.2) is 24.7 Å². The highest BCUT2D eigenvalue weighted by Gasteiger charge is 2.35. The van der Waals surface area contributed by atoms with E-state index in [1.54, 1.807) is 12.1 Å². The van der Waals surface area contributed by atoms with Crippen molar-refractivity contribution in [2.75, 3.05) is 13.2 Å². The Labute approximate surface area is 161 Å². The number of benzene rings is 2. The molecule has 0 saturated carbocycles. The predicted octanol–water partition coefficient (Wildman–Crippen LogP) is 5.11. The van der Waals surface area contributed by atoms with E-state index in [0.717, 1.165) is 11.1 Å². The SMILES string of the molecule is CCO[C@@H](CCO)c1ccc(O[C@@H]2CCc3c(OC(F)(F)F)cccc32)cc1. The summed E-state index contributed by atoms with van der Waals surface area (Å²) in [4.78, 5) is 0. The van der Waals surface area contributed by atoms with Crippen LogP contribution in [0.4, 0.5) is 13.2 Å². The maximum Gasteiger partial charge on any atom is 0.573 e. The number of hydrogen-bond acceptors (Lipinski definition) is 4. The molecule has 4 nitrogen and oxygen atoms in total. The molecule has 0 unspecified atom stereocenters. The monoisotopic (exact) mass is 396 g/mol. The number of hydrogen-bond donors (Lipinski definition) is 1. The Morgan fingerprint density at radius 3 is 2.54 bits per heavy atom. The summed E-state index contributed by atoms with van der Waals surface area (Å²) in [5.74, 6) is 0.470. The average Bonchev–Trinajstić information content (AvgIpc) is 3.05. The third-order valence-electron chi connectivity index (χ3n) is 4.69. The Balaban J connectivity index is 1.72. The van der Waals surface area contributed by atoms with Gasteiger partial charge in [-0.1, -0.05) is 24.3 Å². The first-order chi connectivity index (χ1) is 13.4. The summed E-state index contributed by atoms with van der Waals surface area (Å²) in [5.41, 5.74) is 2.20. The molecule has 2 atom stereocenters. The fourth-order valence-corrected chi connectivity index (χ4v) is 3.52. The highest BCUT2D eigenvalue weighted by Crippen LogP contribution is 2.41. The van der Waals surface area contributed by atoms with Crippen LogP contribution in [0.2, 0.25) is 0 Å². The summed E-state index contributed by atoms with van der Waals surface area (Å²) in [6.45, 7) is 2.48. The van der Waals surface area contributed by atoms with Crippen molar-refractivity contribution in [1.29, 1.82) is 0 Å². The van der Waals surface area contributed by atoms with Crippen molar-refractivity contribution in [2.45, 2.75) is 44.8 Å². The Morgan fingerprint density at radius 2 is 1.89 bits per heavy atom. The standard InChI is InChI=1S/C21H23F3O4/c1-2-26-18(12-13-25)14-6-8-15(9-7-14)27-19-11-10-17-16(19)4-3-5-20(17)28-21(22,23)24/h3-9,18-19,25H,2,10-13H2,1H3/t18-,19+/m0/s1. The highest BCUT2D eigenvalue weighted by molar-refractivity contribution is 5.45. The van der Waals surface area contributed by atoms with Gasteiger partial charge in [0.25, 0.3) is 0 Å². The quantitative estimate of drug-likeness (QED) is 0.674. The molecule has 0 bridgehead atoms. The van der Waals surface area contributed by atoms with Gasteiger partial charge in [-0.3, -0.25) is 0 Å². The summed E-state index contributed by atoms with van der Waals surface area (Å²) >= 11 is 0. The molecule has 0 heterocycles. The lowest BCUT2D eigenvalue weighted by atomic mass is 10.1. The summed E-state index contributed by atoms with van der Waals surface area (Å²) in [5, 5.41) is 9.17. The van der Waals surface area contributed by atoms with Crippen molar-refractivity contribution >= 4 is 0 Å². The fraction of sp³-hybridized carbons (Fsp3) is 0.429. The first-order valence-electron chi connectivity index (χ1n) is 9.28. The van der Waals surface area contributed by atoms with Gasteiger partial charge < -0.3 is 19.3 Å². The van der Waals surface area contributed by atoms with Crippen LogP contribution in [0.5, 0.6) is 11.5 Å². The molecule has 1 aliphatic carbocycles. The van der Waals surface area contributed by atoms with Gasteiger partial charge in [0, 0.05) is 25.2 Å². The minimum Gasteiger partial charge on any atom is -0.486 e. The van der Waals surface area contributed by atoms with Gasteiger partial charge in [0.1, 0.15) is 17.6 Å². The molecule has 1 aliphatic rings. The van der Waals surface area contributed by atoms with Gasteiger partial charge in [0.05, 0.1) is 6.10 Å². The van der Waals surface area contributed by atoms with Crippen LogP contribution in [0.1, 0.15) is 48.7 Å². The van der Waals surface area contributed by atoms with Gasteiger partial charge in [-0.2, -0.15) is 0 Å². The molecule has 3 rings (SSSR count). The van der Waals surface area contributed by atoms with Crippen LogP contribution in [0.3, 0.4) is 0 Å². The van der Waals surface area contributed by atoms with E-state index in [1.807, 2.05) is 31.2 Å². The van der Waals surface area contributed by atoms with Gasteiger partial charge in [0.2, 0.25) is 0 Å². The van der Waals surface area contributed by atoms with Gasteiger partial charge in [0.15, 0.2) is 0 Å². The summed E-state index contributed by atoms with van der Waals surface area (Å²) in [7, 11) is 0. The van der Waals surface area contributed by atoms with E-state index in [2.05, 4.69) is 4.74 Å². The van der Waals surface area contributed by atoms with E-state index in [0.29, 0.717) is 37.2 Å². The molecular weight excluding hydrogens is 373 g/mol. The molecule has 2 aromatic carbocycles. The number of alkyl halides is 3. The summed E-state index contributed by atoms with van der Waals surface area (Å²) in [6.07, 6.45) is -3.66. The van der Waals surface area contributed by atoms with Crippen LogP contribution >= 0.6 is 0 Å². The number of aliphatic hydroxyl groups is 1. The molecule has 0 spiro atoms. The lowest BCUT2D eigenvalue weighted by molar-refractivity contribution is -0.274. The molecule has 0 aromatic heterocycles. The summed E-state index contributed by atoms with van der Waals surface area (Å²) < 4.78 is 53.6. The zero-order valence-electron chi connectivity index (χ0n) is 15.5. The number of fused-ring (bicyclic) bond motifs is 1. The van der Waals surface area contributed by atoms with Crippen molar-refractivity contribution in [3.8, 4) is 11.5 Å². The first-order valence-corrected chi connectivity index (χ1v) is 9.28. The maximum atomic E-state index is 12.6. The average molecular weight is 396 g/mol. The topological polar surface area (TPSA) is 47.9 Å². The van der Waals surface area contributed by atoms with E-state index >= 15 is 0 Å². The van der Waals surface area contributed by atoms with E-state index in [9.17, 15) is 13.2 Å². The molecule has 28 heavy (non-hydrogen) atoms. The van der Waals surface area contributed by atoms with E-state index in [-0.39, 0.29) is 24.6 Å². The Morgan fingerprint density at radius 1 is 1.14 bits per heavy atom. The molecule has 7 heteroatoms. The Kier molecular flexibility index (Phi) is 6.46. The van der Waals surface area contributed by atoms with Gasteiger partial charge in [-0.15, -0.1) is 13.2 Å². The van der Waals surface area contributed by atoms with Crippen LogP contribution in [-0.2, 0) is 11.2 Å². The molecule has 0 radical (unpaired) electrons. The molecular formula is C21H23F3O4. The van der Waals surface area contributed by atoms with E-state index < -0.39 is 6.36 Å². The molecule has 0 fully saturated rings. The third kappa shape index (κ3) is 4.97. The van der Waals surface area contributed by atoms with Crippen molar-refractivity contribution in [3.63, 3.8) is 0 Å². The molecule has 1 N–H and O–H groups in total. The summed E-state index contributed by atoms with van der Waals surface area (Å²) in [6, 6.07) is 12.0. The maximum absolute atomic E-state index is 12.6. The number of ether oxygens (including phenoxy) is 3. The number of halogens is 3. The normalized spacial score (nSPS) is 17.2. The zero-order chi connectivity index (χ0) is 20.1. The second-order valence-corrected chi connectivity index (χ2v) is 6.54. The molecule has 0 amide bonds. The van der Waals surface area contributed by atoms with Crippen LogP contribution in [0.15, 0.2) is 42.5 Å². The molecule has 0 saturated heterocycles. The Hall–Kier alpha value is -2.25. The van der Waals surface area contributed by atoms with Gasteiger partial charge in [-0.25, -0.2) is 0 Å². The molecule has 0 aliphatic heterocycles. The minimum atomic E-state index is -4.71. The smallest absolute Gasteiger partial charge is 0.486 e. The second-order valence-electron chi connectivity index (χ2n) is 6.54. The lowest BCUT2D eigenvalue weighted by Crippen LogP contribution is -2.18. The lowest BCUT2D eigenvalue weighted by Gasteiger charge is -2.19. The van der Waals surface area contributed by atoms with Crippen LogP contribution in [0.25, 0.3) is 0 Å². The van der Waals surface area contributed by atoms with Crippen molar-refractivity contribution < 1.29 is 32.5 Å². The van der Waals surface area contributed by atoms with E-state index in [4.69, 9.17) is 14.6 Å². The third-order valence-corrected chi connectivity index (χ3v) is 4.69. The minimum absolute atomic E-state index is 0.0319.